The van der Waals surface area contributed by atoms with E-state index in [0.717, 1.165) is 31.8 Å². The summed E-state index contributed by atoms with van der Waals surface area (Å²) in [5.41, 5.74) is 0. The number of rotatable bonds is 7. The van der Waals surface area contributed by atoms with Crippen LogP contribution in [0.5, 0.6) is 0 Å². The van der Waals surface area contributed by atoms with E-state index in [-0.39, 0.29) is 5.91 Å². The fraction of sp³-hybridized carbons (Fsp3) is 0.769. The first-order valence-corrected chi connectivity index (χ1v) is 7.17. The van der Waals surface area contributed by atoms with E-state index >= 15 is 0 Å². The number of carbonyl (C=O) groups is 1. The molecule has 0 atom stereocenters. The summed E-state index contributed by atoms with van der Waals surface area (Å²) in [6, 6.07) is 0. The smallest absolute Gasteiger partial charge is 0.222 e. The summed E-state index contributed by atoms with van der Waals surface area (Å²) >= 11 is 0. The van der Waals surface area contributed by atoms with E-state index in [1.165, 1.54) is 0 Å². The highest BCUT2D eigenvalue weighted by Gasteiger charge is 2.13. The number of aryl methyl sites for hydroxylation is 1. The van der Waals surface area contributed by atoms with Crippen LogP contribution in [-0.4, -0.2) is 53.0 Å². The van der Waals surface area contributed by atoms with Crippen molar-refractivity contribution in [1.29, 1.82) is 0 Å². The molecule has 20 heavy (non-hydrogen) atoms. The minimum atomic E-state index is 0.0288. The Morgan fingerprint density at radius 1 is 1.55 bits per heavy atom. The van der Waals surface area contributed by atoms with Crippen LogP contribution in [0, 0.1) is 0 Å². The van der Waals surface area contributed by atoms with E-state index in [0.29, 0.717) is 32.1 Å². The Bertz CT molecular complexity index is 415. The number of hydrogen-bond acceptors (Lipinski definition) is 5. The third-order valence-corrected chi connectivity index (χ3v) is 3.44. The number of ether oxygens (including phenoxy) is 1. The maximum Gasteiger partial charge on any atom is 0.222 e. The molecule has 2 heterocycles. The van der Waals surface area contributed by atoms with Crippen LogP contribution in [0.15, 0.2) is 6.33 Å². The molecule has 0 aliphatic carbocycles. The number of aromatic nitrogens is 3. The lowest BCUT2D eigenvalue weighted by molar-refractivity contribution is -0.122. The van der Waals surface area contributed by atoms with E-state index in [4.69, 9.17) is 4.74 Å². The van der Waals surface area contributed by atoms with Crippen molar-refractivity contribution in [3.63, 3.8) is 0 Å². The molecule has 1 aliphatic rings. The number of hydrogen-bond donors (Lipinski definition) is 2. The van der Waals surface area contributed by atoms with Crippen molar-refractivity contribution >= 4 is 5.91 Å². The topological polar surface area (TPSA) is 81.1 Å². The van der Waals surface area contributed by atoms with Crippen molar-refractivity contribution in [3.05, 3.63) is 12.2 Å². The fourth-order valence-electron chi connectivity index (χ4n) is 2.22. The van der Waals surface area contributed by atoms with Gasteiger partial charge < -0.3 is 19.9 Å². The zero-order valence-electron chi connectivity index (χ0n) is 12.0. The minimum absolute atomic E-state index is 0.0288. The van der Waals surface area contributed by atoms with Crippen molar-refractivity contribution in [2.45, 2.75) is 31.8 Å². The van der Waals surface area contributed by atoms with Gasteiger partial charge in [-0.05, 0) is 25.9 Å². The predicted octanol–water partition coefficient (Wildman–Crippen LogP) is -0.367. The second kappa shape index (κ2) is 7.96. The SMILES string of the molecule is Cn1cnnc1CCNC(=O)CCOC1CCNCC1. The van der Waals surface area contributed by atoms with Crippen LogP contribution in [-0.2, 0) is 23.0 Å². The number of amides is 1. The van der Waals surface area contributed by atoms with E-state index in [9.17, 15) is 4.79 Å². The molecule has 1 fully saturated rings. The van der Waals surface area contributed by atoms with Gasteiger partial charge in [0.25, 0.3) is 0 Å². The Kier molecular flexibility index (Phi) is 5.94. The molecule has 0 saturated carbocycles. The average molecular weight is 281 g/mol. The van der Waals surface area contributed by atoms with Gasteiger partial charge in [-0.2, -0.15) is 0 Å². The standard InChI is InChI=1S/C13H23N5O2/c1-18-10-16-17-12(18)4-8-15-13(19)5-9-20-11-2-6-14-7-3-11/h10-11,14H,2-9H2,1H3,(H,15,19). The van der Waals surface area contributed by atoms with E-state index in [1.54, 1.807) is 6.33 Å². The van der Waals surface area contributed by atoms with E-state index in [2.05, 4.69) is 20.8 Å². The lowest BCUT2D eigenvalue weighted by atomic mass is 10.1. The summed E-state index contributed by atoms with van der Waals surface area (Å²) in [4.78, 5) is 11.7. The molecule has 7 nitrogen and oxygen atoms in total. The molecule has 1 aromatic heterocycles. The quantitative estimate of drug-likeness (QED) is 0.713. The van der Waals surface area contributed by atoms with Crippen LogP contribution in [0.4, 0.5) is 0 Å². The molecule has 2 N–H and O–H groups in total. The fourth-order valence-corrected chi connectivity index (χ4v) is 2.22. The van der Waals surface area contributed by atoms with Crippen LogP contribution in [0.1, 0.15) is 25.1 Å². The van der Waals surface area contributed by atoms with Crippen LogP contribution in [0.25, 0.3) is 0 Å². The largest absolute Gasteiger partial charge is 0.378 e. The molecule has 2 rings (SSSR count). The normalized spacial score (nSPS) is 16.2. The van der Waals surface area contributed by atoms with Gasteiger partial charge in [-0.3, -0.25) is 4.79 Å². The van der Waals surface area contributed by atoms with Gasteiger partial charge in [0.2, 0.25) is 5.91 Å². The lowest BCUT2D eigenvalue weighted by Gasteiger charge is -2.22. The van der Waals surface area contributed by atoms with Gasteiger partial charge >= 0.3 is 0 Å². The minimum Gasteiger partial charge on any atom is -0.378 e. The van der Waals surface area contributed by atoms with Gasteiger partial charge in [-0.15, -0.1) is 10.2 Å². The van der Waals surface area contributed by atoms with Gasteiger partial charge in [0.05, 0.1) is 12.7 Å². The molecule has 112 valence electrons. The summed E-state index contributed by atoms with van der Waals surface area (Å²) in [7, 11) is 1.89. The van der Waals surface area contributed by atoms with Gasteiger partial charge in [0, 0.05) is 26.4 Å². The third kappa shape index (κ3) is 4.90. The lowest BCUT2D eigenvalue weighted by Crippen LogP contribution is -2.33. The van der Waals surface area contributed by atoms with Crippen LogP contribution in [0.2, 0.25) is 0 Å². The maximum absolute atomic E-state index is 11.7. The average Bonchev–Trinajstić information content (AvgIpc) is 2.86. The third-order valence-electron chi connectivity index (χ3n) is 3.44. The first-order valence-electron chi connectivity index (χ1n) is 7.17. The van der Waals surface area contributed by atoms with Crippen LogP contribution in [0.3, 0.4) is 0 Å². The molecular weight excluding hydrogens is 258 g/mol. The van der Waals surface area contributed by atoms with Gasteiger partial charge in [-0.1, -0.05) is 0 Å². The molecule has 1 amide bonds. The molecule has 0 aromatic carbocycles. The Morgan fingerprint density at radius 3 is 3.05 bits per heavy atom. The first-order chi connectivity index (χ1) is 9.75. The zero-order chi connectivity index (χ0) is 14.2. The predicted molar refractivity (Wildman–Crippen MR) is 74.2 cm³/mol. The highest BCUT2D eigenvalue weighted by atomic mass is 16.5. The molecule has 0 unspecified atom stereocenters. The van der Waals surface area contributed by atoms with Crippen molar-refractivity contribution in [3.8, 4) is 0 Å². The molecule has 1 aliphatic heterocycles. The maximum atomic E-state index is 11.7. The second-order valence-electron chi connectivity index (χ2n) is 5.03. The highest BCUT2D eigenvalue weighted by molar-refractivity contribution is 5.75. The van der Waals surface area contributed by atoms with E-state index < -0.39 is 0 Å². The van der Waals surface area contributed by atoms with Gasteiger partial charge in [0.1, 0.15) is 12.2 Å². The monoisotopic (exact) mass is 281 g/mol. The zero-order valence-corrected chi connectivity index (χ0v) is 12.0. The second-order valence-corrected chi connectivity index (χ2v) is 5.03. The molecule has 0 radical (unpaired) electrons. The summed E-state index contributed by atoms with van der Waals surface area (Å²) in [6.07, 6.45) is 5.15. The Morgan fingerprint density at radius 2 is 2.35 bits per heavy atom. The van der Waals surface area contributed by atoms with Gasteiger partial charge in [0.15, 0.2) is 0 Å². The number of nitrogens with zero attached hydrogens (tertiary/aromatic N) is 3. The van der Waals surface area contributed by atoms with Crippen molar-refractivity contribution in [1.82, 2.24) is 25.4 Å². The summed E-state index contributed by atoms with van der Waals surface area (Å²) in [6.45, 7) is 3.10. The number of carbonyl (C=O) groups excluding carboxylic acids is 1. The van der Waals surface area contributed by atoms with Crippen LogP contribution < -0.4 is 10.6 Å². The molecule has 1 saturated heterocycles. The molecule has 0 bridgehead atoms. The van der Waals surface area contributed by atoms with Crippen molar-refractivity contribution < 1.29 is 9.53 Å². The van der Waals surface area contributed by atoms with Crippen molar-refractivity contribution in [2.24, 2.45) is 7.05 Å². The molecule has 0 spiro atoms. The molecule has 1 aromatic rings. The van der Waals surface area contributed by atoms with Gasteiger partial charge in [-0.25, -0.2) is 0 Å². The summed E-state index contributed by atoms with van der Waals surface area (Å²) < 4.78 is 7.55. The molecular formula is C13H23N5O2. The Labute approximate surface area is 119 Å². The highest BCUT2D eigenvalue weighted by Crippen LogP contribution is 2.07. The number of piperidine rings is 1. The number of nitrogens with one attached hydrogen (secondary N) is 2. The van der Waals surface area contributed by atoms with Crippen LogP contribution >= 0.6 is 0 Å². The Hall–Kier alpha value is -1.47. The van der Waals surface area contributed by atoms with Crippen molar-refractivity contribution in [2.75, 3.05) is 26.2 Å². The Balaban J connectivity index is 1.53. The first kappa shape index (κ1) is 14.9. The summed E-state index contributed by atoms with van der Waals surface area (Å²) in [5, 5.41) is 13.9. The van der Waals surface area contributed by atoms with E-state index in [1.807, 2.05) is 11.6 Å². The summed E-state index contributed by atoms with van der Waals surface area (Å²) in [5.74, 6) is 0.900. The molecule has 7 heteroatoms.